The van der Waals surface area contributed by atoms with Gasteiger partial charge in [0.2, 0.25) is 5.91 Å². The molecule has 0 spiro atoms. The van der Waals surface area contributed by atoms with Crippen molar-refractivity contribution in [2.75, 3.05) is 5.32 Å². The zero-order valence-electron chi connectivity index (χ0n) is 10.8. The highest BCUT2D eigenvalue weighted by molar-refractivity contribution is 5.93. The van der Waals surface area contributed by atoms with E-state index in [0.717, 1.165) is 16.8 Å². The summed E-state index contributed by atoms with van der Waals surface area (Å²) in [7, 11) is 0. The second-order valence-corrected chi connectivity index (χ2v) is 4.13. The Hall–Kier alpha value is -2.53. The normalized spacial score (nSPS) is 9.32. The van der Waals surface area contributed by atoms with Gasteiger partial charge in [-0.15, -0.1) is 5.92 Å². The van der Waals surface area contributed by atoms with E-state index in [1.54, 1.807) is 6.92 Å². The molecule has 0 aliphatic carbocycles. The van der Waals surface area contributed by atoms with E-state index >= 15 is 0 Å². The third-order valence-electron chi connectivity index (χ3n) is 2.67. The van der Waals surface area contributed by atoms with E-state index in [-0.39, 0.29) is 5.91 Å². The van der Waals surface area contributed by atoms with Gasteiger partial charge < -0.3 is 5.32 Å². The van der Waals surface area contributed by atoms with E-state index in [1.807, 2.05) is 54.6 Å². The molecule has 2 nitrogen and oxygen atoms in total. The van der Waals surface area contributed by atoms with Crippen LogP contribution in [0.5, 0.6) is 0 Å². The Morgan fingerprint density at radius 2 is 1.74 bits per heavy atom. The number of rotatable bonds is 3. The lowest BCUT2D eigenvalue weighted by Crippen LogP contribution is -2.15. The maximum Gasteiger partial charge on any atom is 0.228 e. The number of hydrogen-bond acceptors (Lipinski definition) is 1. The van der Waals surface area contributed by atoms with Crippen molar-refractivity contribution in [3.63, 3.8) is 0 Å². The molecule has 0 saturated carbocycles. The van der Waals surface area contributed by atoms with Gasteiger partial charge in [0.15, 0.2) is 0 Å². The summed E-state index contributed by atoms with van der Waals surface area (Å²) in [6.07, 6.45) is 0.370. The van der Waals surface area contributed by atoms with Crippen LogP contribution in [0.15, 0.2) is 54.6 Å². The van der Waals surface area contributed by atoms with Gasteiger partial charge in [-0.1, -0.05) is 48.4 Å². The third kappa shape index (κ3) is 3.72. The molecular weight excluding hydrogens is 234 g/mol. The molecule has 0 aromatic heterocycles. The van der Waals surface area contributed by atoms with Crippen LogP contribution < -0.4 is 5.32 Å². The van der Waals surface area contributed by atoms with Gasteiger partial charge >= 0.3 is 0 Å². The van der Waals surface area contributed by atoms with E-state index in [2.05, 4.69) is 17.2 Å². The summed E-state index contributed by atoms with van der Waals surface area (Å²) in [4.78, 5) is 12.0. The SMILES string of the molecule is CC#Cc1ccccc1NC(=O)Cc1ccccc1. The molecule has 2 rings (SSSR count). The topological polar surface area (TPSA) is 29.1 Å². The lowest BCUT2D eigenvalue weighted by atomic mass is 10.1. The number of nitrogens with one attached hydrogen (secondary N) is 1. The van der Waals surface area contributed by atoms with E-state index in [9.17, 15) is 4.79 Å². The first-order valence-corrected chi connectivity index (χ1v) is 6.15. The van der Waals surface area contributed by atoms with E-state index in [0.29, 0.717) is 6.42 Å². The maximum atomic E-state index is 12.0. The minimum Gasteiger partial charge on any atom is -0.325 e. The van der Waals surface area contributed by atoms with Crippen LogP contribution in [0.4, 0.5) is 5.69 Å². The first-order chi connectivity index (χ1) is 9.29. The number of amides is 1. The molecule has 0 saturated heterocycles. The lowest BCUT2D eigenvalue weighted by molar-refractivity contribution is -0.115. The molecule has 0 bridgehead atoms. The molecule has 0 radical (unpaired) electrons. The number of para-hydroxylation sites is 1. The second kappa shape index (κ2) is 6.42. The predicted molar refractivity (Wildman–Crippen MR) is 77.8 cm³/mol. The zero-order chi connectivity index (χ0) is 13.5. The number of carbonyl (C=O) groups excluding carboxylic acids is 1. The Labute approximate surface area is 113 Å². The number of benzene rings is 2. The van der Waals surface area contributed by atoms with Crippen molar-refractivity contribution in [1.82, 2.24) is 0 Å². The Kier molecular flexibility index (Phi) is 4.36. The quantitative estimate of drug-likeness (QED) is 0.831. The van der Waals surface area contributed by atoms with Crippen molar-refractivity contribution in [1.29, 1.82) is 0 Å². The van der Waals surface area contributed by atoms with Gasteiger partial charge in [0.05, 0.1) is 12.1 Å². The molecule has 2 aromatic rings. The van der Waals surface area contributed by atoms with Gasteiger partial charge in [0.1, 0.15) is 0 Å². The molecule has 1 N–H and O–H groups in total. The highest BCUT2D eigenvalue weighted by atomic mass is 16.1. The van der Waals surface area contributed by atoms with Crippen LogP contribution in [0.3, 0.4) is 0 Å². The van der Waals surface area contributed by atoms with Crippen LogP contribution in [0.2, 0.25) is 0 Å². The summed E-state index contributed by atoms with van der Waals surface area (Å²) >= 11 is 0. The largest absolute Gasteiger partial charge is 0.325 e. The van der Waals surface area contributed by atoms with E-state index < -0.39 is 0 Å². The molecule has 1 amide bonds. The summed E-state index contributed by atoms with van der Waals surface area (Å²) in [5.41, 5.74) is 2.60. The molecule has 0 aliphatic rings. The van der Waals surface area contributed by atoms with Gasteiger partial charge in [-0.25, -0.2) is 0 Å². The third-order valence-corrected chi connectivity index (χ3v) is 2.67. The van der Waals surface area contributed by atoms with Gasteiger partial charge in [-0.05, 0) is 24.6 Å². The highest BCUT2D eigenvalue weighted by Crippen LogP contribution is 2.14. The van der Waals surface area contributed by atoms with Gasteiger partial charge in [-0.2, -0.15) is 0 Å². The minimum atomic E-state index is -0.0310. The van der Waals surface area contributed by atoms with Gasteiger partial charge in [0.25, 0.3) is 0 Å². The molecular formula is C17H15NO. The summed E-state index contributed by atoms with van der Waals surface area (Å²) < 4.78 is 0. The van der Waals surface area contributed by atoms with Crippen molar-refractivity contribution in [2.45, 2.75) is 13.3 Å². The van der Waals surface area contributed by atoms with Gasteiger partial charge in [-0.3, -0.25) is 4.79 Å². The lowest BCUT2D eigenvalue weighted by Gasteiger charge is -2.07. The summed E-state index contributed by atoms with van der Waals surface area (Å²) in [6, 6.07) is 17.2. The van der Waals surface area contributed by atoms with Crippen LogP contribution in [0.1, 0.15) is 18.1 Å². The number of hydrogen-bond donors (Lipinski definition) is 1. The zero-order valence-corrected chi connectivity index (χ0v) is 10.8. The molecule has 0 heterocycles. The van der Waals surface area contributed by atoms with Crippen LogP contribution in [0, 0.1) is 11.8 Å². The highest BCUT2D eigenvalue weighted by Gasteiger charge is 2.05. The average molecular weight is 249 g/mol. The second-order valence-electron chi connectivity index (χ2n) is 4.13. The standard InChI is InChI=1S/C17H15NO/c1-2-8-15-11-6-7-12-16(15)18-17(19)13-14-9-4-3-5-10-14/h3-7,9-12H,13H2,1H3,(H,18,19). The molecule has 0 unspecified atom stereocenters. The Morgan fingerprint density at radius 3 is 2.47 bits per heavy atom. The minimum absolute atomic E-state index is 0.0310. The van der Waals surface area contributed by atoms with E-state index in [1.165, 1.54) is 0 Å². The predicted octanol–water partition coefficient (Wildman–Crippen LogP) is 3.24. The van der Waals surface area contributed by atoms with Crippen LogP contribution >= 0.6 is 0 Å². The Balaban J connectivity index is 2.08. The Morgan fingerprint density at radius 1 is 1.05 bits per heavy atom. The molecule has 2 heteroatoms. The smallest absolute Gasteiger partial charge is 0.228 e. The van der Waals surface area contributed by atoms with Crippen molar-refractivity contribution < 1.29 is 4.79 Å². The number of carbonyl (C=O) groups is 1. The first kappa shape index (κ1) is 12.9. The molecule has 2 aromatic carbocycles. The fraction of sp³-hybridized carbons (Fsp3) is 0.118. The van der Waals surface area contributed by atoms with Crippen molar-refractivity contribution >= 4 is 11.6 Å². The van der Waals surface area contributed by atoms with Crippen LogP contribution in [0.25, 0.3) is 0 Å². The summed E-state index contributed by atoms with van der Waals surface area (Å²) in [5, 5.41) is 2.90. The summed E-state index contributed by atoms with van der Waals surface area (Å²) in [5.74, 6) is 5.80. The molecule has 0 atom stereocenters. The molecule has 94 valence electrons. The van der Waals surface area contributed by atoms with Crippen molar-refractivity contribution in [3.05, 3.63) is 65.7 Å². The fourth-order valence-electron chi connectivity index (χ4n) is 1.81. The Bertz CT molecular complexity index is 620. The monoisotopic (exact) mass is 249 g/mol. The molecule has 0 aliphatic heterocycles. The molecule has 0 fully saturated rings. The molecule has 19 heavy (non-hydrogen) atoms. The van der Waals surface area contributed by atoms with Crippen LogP contribution in [-0.4, -0.2) is 5.91 Å². The fourth-order valence-corrected chi connectivity index (χ4v) is 1.81. The first-order valence-electron chi connectivity index (χ1n) is 6.15. The van der Waals surface area contributed by atoms with Crippen molar-refractivity contribution in [3.8, 4) is 11.8 Å². The van der Waals surface area contributed by atoms with Gasteiger partial charge in [0, 0.05) is 5.56 Å². The van der Waals surface area contributed by atoms with E-state index in [4.69, 9.17) is 0 Å². The van der Waals surface area contributed by atoms with Crippen molar-refractivity contribution in [2.24, 2.45) is 0 Å². The number of anilines is 1. The average Bonchev–Trinajstić information content (AvgIpc) is 2.42. The maximum absolute atomic E-state index is 12.0. The summed E-state index contributed by atoms with van der Waals surface area (Å²) in [6.45, 7) is 1.78. The van der Waals surface area contributed by atoms with Crippen LogP contribution in [-0.2, 0) is 11.2 Å².